The van der Waals surface area contributed by atoms with Crippen molar-refractivity contribution in [3.63, 3.8) is 0 Å². The SMILES string of the molecule is CCS(=O)(=O)Nc1cccc(Cl)c1C. The summed E-state index contributed by atoms with van der Waals surface area (Å²) in [6.07, 6.45) is 0. The van der Waals surface area contributed by atoms with E-state index >= 15 is 0 Å². The van der Waals surface area contributed by atoms with Crippen LogP contribution in [0.25, 0.3) is 0 Å². The maximum Gasteiger partial charge on any atom is 0.232 e. The van der Waals surface area contributed by atoms with Crippen LogP contribution in [0, 0.1) is 6.92 Å². The van der Waals surface area contributed by atoms with E-state index in [4.69, 9.17) is 11.6 Å². The van der Waals surface area contributed by atoms with Gasteiger partial charge in [-0.05, 0) is 31.5 Å². The van der Waals surface area contributed by atoms with Crippen LogP contribution in [0.1, 0.15) is 12.5 Å². The largest absolute Gasteiger partial charge is 0.283 e. The van der Waals surface area contributed by atoms with Gasteiger partial charge in [0, 0.05) is 5.02 Å². The molecule has 5 heteroatoms. The fourth-order valence-corrected chi connectivity index (χ4v) is 1.83. The predicted octanol–water partition coefficient (Wildman–Crippen LogP) is 2.41. The molecule has 0 heterocycles. The number of anilines is 1. The molecule has 0 aliphatic heterocycles. The standard InChI is InChI=1S/C9H12ClNO2S/c1-3-14(12,13)11-9-6-4-5-8(10)7(9)2/h4-6,11H,3H2,1-2H3. The van der Waals surface area contributed by atoms with Gasteiger partial charge in [0.05, 0.1) is 11.4 Å². The first kappa shape index (κ1) is 11.3. The van der Waals surface area contributed by atoms with Crippen molar-refractivity contribution in [3.05, 3.63) is 28.8 Å². The number of benzene rings is 1. The van der Waals surface area contributed by atoms with Gasteiger partial charge in [-0.25, -0.2) is 8.42 Å². The van der Waals surface area contributed by atoms with Crippen molar-refractivity contribution in [1.29, 1.82) is 0 Å². The van der Waals surface area contributed by atoms with Crippen LogP contribution in [0.3, 0.4) is 0 Å². The molecule has 0 radical (unpaired) electrons. The molecule has 0 spiro atoms. The van der Waals surface area contributed by atoms with Crippen LogP contribution < -0.4 is 4.72 Å². The molecule has 0 bridgehead atoms. The van der Waals surface area contributed by atoms with Crippen molar-refractivity contribution in [3.8, 4) is 0 Å². The van der Waals surface area contributed by atoms with Gasteiger partial charge < -0.3 is 0 Å². The van der Waals surface area contributed by atoms with Gasteiger partial charge in [0.1, 0.15) is 0 Å². The van der Waals surface area contributed by atoms with E-state index in [9.17, 15) is 8.42 Å². The minimum Gasteiger partial charge on any atom is -0.283 e. The van der Waals surface area contributed by atoms with E-state index in [-0.39, 0.29) is 5.75 Å². The second-order valence-corrected chi connectivity index (χ2v) is 5.34. The zero-order valence-corrected chi connectivity index (χ0v) is 9.61. The summed E-state index contributed by atoms with van der Waals surface area (Å²) in [6, 6.07) is 5.12. The molecule has 78 valence electrons. The van der Waals surface area contributed by atoms with Crippen molar-refractivity contribution in [2.45, 2.75) is 13.8 Å². The maximum absolute atomic E-state index is 11.3. The summed E-state index contributed by atoms with van der Waals surface area (Å²) in [7, 11) is -3.22. The van der Waals surface area contributed by atoms with Gasteiger partial charge in [0.2, 0.25) is 10.0 Å². The smallest absolute Gasteiger partial charge is 0.232 e. The Morgan fingerprint density at radius 1 is 1.43 bits per heavy atom. The Hall–Kier alpha value is -0.740. The van der Waals surface area contributed by atoms with Crippen LogP contribution in [-0.4, -0.2) is 14.2 Å². The molecule has 0 aromatic heterocycles. The lowest BCUT2D eigenvalue weighted by Gasteiger charge is -2.09. The lowest BCUT2D eigenvalue weighted by Crippen LogP contribution is -2.15. The highest BCUT2D eigenvalue weighted by Crippen LogP contribution is 2.23. The molecule has 0 atom stereocenters. The van der Waals surface area contributed by atoms with E-state index in [1.807, 2.05) is 0 Å². The molecule has 14 heavy (non-hydrogen) atoms. The summed E-state index contributed by atoms with van der Waals surface area (Å²) in [5, 5.41) is 0.557. The second-order valence-electron chi connectivity index (χ2n) is 2.92. The first-order valence-corrected chi connectivity index (χ1v) is 6.25. The molecule has 1 aromatic carbocycles. The summed E-state index contributed by atoms with van der Waals surface area (Å²) in [4.78, 5) is 0. The molecule has 0 saturated heterocycles. The molecule has 0 unspecified atom stereocenters. The maximum atomic E-state index is 11.3. The molecular weight excluding hydrogens is 222 g/mol. The number of nitrogens with one attached hydrogen (secondary N) is 1. The molecule has 0 amide bonds. The molecular formula is C9H12ClNO2S. The average Bonchev–Trinajstić information content (AvgIpc) is 2.13. The van der Waals surface area contributed by atoms with Crippen molar-refractivity contribution in [1.82, 2.24) is 0 Å². The van der Waals surface area contributed by atoms with E-state index in [1.165, 1.54) is 0 Å². The van der Waals surface area contributed by atoms with Crippen LogP contribution in [0.15, 0.2) is 18.2 Å². The number of hydrogen-bond acceptors (Lipinski definition) is 2. The molecule has 0 aliphatic rings. The van der Waals surface area contributed by atoms with Crippen LogP contribution >= 0.6 is 11.6 Å². The van der Waals surface area contributed by atoms with Gasteiger partial charge in [-0.2, -0.15) is 0 Å². The summed E-state index contributed by atoms with van der Waals surface area (Å²) in [5.41, 5.74) is 1.28. The van der Waals surface area contributed by atoms with Crippen molar-refractivity contribution < 1.29 is 8.42 Å². The van der Waals surface area contributed by atoms with Gasteiger partial charge in [-0.15, -0.1) is 0 Å². The Kier molecular flexibility index (Phi) is 3.39. The Balaban J connectivity index is 3.05. The summed E-state index contributed by atoms with van der Waals surface area (Å²) in [6.45, 7) is 3.36. The second kappa shape index (κ2) is 4.19. The molecule has 1 aromatic rings. The van der Waals surface area contributed by atoms with Crippen LogP contribution in [0.5, 0.6) is 0 Å². The first-order valence-electron chi connectivity index (χ1n) is 4.22. The molecule has 0 aliphatic carbocycles. The molecule has 1 N–H and O–H groups in total. The lowest BCUT2D eigenvalue weighted by atomic mass is 10.2. The Labute approximate surface area is 89.1 Å². The third-order valence-electron chi connectivity index (χ3n) is 1.91. The van der Waals surface area contributed by atoms with Gasteiger partial charge in [-0.1, -0.05) is 17.7 Å². The summed E-state index contributed by atoms with van der Waals surface area (Å²) < 4.78 is 25.0. The van der Waals surface area contributed by atoms with E-state index in [0.717, 1.165) is 5.56 Å². The first-order chi connectivity index (χ1) is 6.46. The van der Waals surface area contributed by atoms with Gasteiger partial charge >= 0.3 is 0 Å². The van der Waals surface area contributed by atoms with Crippen LogP contribution in [0.4, 0.5) is 5.69 Å². The van der Waals surface area contributed by atoms with E-state index in [0.29, 0.717) is 10.7 Å². The fourth-order valence-electron chi connectivity index (χ4n) is 0.958. The highest BCUT2D eigenvalue weighted by atomic mass is 35.5. The quantitative estimate of drug-likeness (QED) is 0.872. The van der Waals surface area contributed by atoms with Crippen molar-refractivity contribution >= 4 is 27.3 Å². The van der Waals surface area contributed by atoms with Crippen LogP contribution in [-0.2, 0) is 10.0 Å². The Morgan fingerprint density at radius 3 is 2.64 bits per heavy atom. The zero-order chi connectivity index (χ0) is 10.8. The topological polar surface area (TPSA) is 46.2 Å². The van der Waals surface area contributed by atoms with Crippen LogP contribution in [0.2, 0.25) is 5.02 Å². The Bertz CT molecular complexity index is 428. The third-order valence-corrected chi connectivity index (χ3v) is 3.61. The molecule has 0 fully saturated rings. The fraction of sp³-hybridized carbons (Fsp3) is 0.333. The van der Waals surface area contributed by atoms with Gasteiger partial charge in [0.15, 0.2) is 0 Å². The van der Waals surface area contributed by atoms with Gasteiger partial charge in [-0.3, -0.25) is 4.72 Å². The third kappa shape index (κ3) is 2.62. The number of sulfonamides is 1. The minimum absolute atomic E-state index is 0.0545. The molecule has 3 nitrogen and oxygen atoms in total. The average molecular weight is 234 g/mol. The highest BCUT2D eigenvalue weighted by molar-refractivity contribution is 7.92. The zero-order valence-electron chi connectivity index (χ0n) is 8.04. The highest BCUT2D eigenvalue weighted by Gasteiger charge is 2.09. The monoisotopic (exact) mass is 233 g/mol. The van der Waals surface area contributed by atoms with Crippen molar-refractivity contribution in [2.75, 3.05) is 10.5 Å². The predicted molar refractivity (Wildman–Crippen MR) is 59.3 cm³/mol. The summed E-state index contributed by atoms with van der Waals surface area (Å²) in [5.74, 6) is 0.0545. The normalized spacial score (nSPS) is 11.4. The summed E-state index contributed by atoms with van der Waals surface area (Å²) >= 11 is 5.85. The van der Waals surface area contributed by atoms with Crippen molar-refractivity contribution in [2.24, 2.45) is 0 Å². The number of rotatable bonds is 3. The molecule has 0 saturated carbocycles. The number of halogens is 1. The Morgan fingerprint density at radius 2 is 2.07 bits per heavy atom. The van der Waals surface area contributed by atoms with E-state index in [1.54, 1.807) is 32.0 Å². The number of hydrogen-bond donors (Lipinski definition) is 1. The van der Waals surface area contributed by atoms with E-state index < -0.39 is 10.0 Å². The molecule has 1 rings (SSSR count). The minimum atomic E-state index is -3.22. The van der Waals surface area contributed by atoms with E-state index in [2.05, 4.69) is 4.72 Å². The lowest BCUT2D eigenvalue weighted by molar-refractivity contribution is 0.602. The van der Waals surface area contributed by atoms with Gasteiger partial charge in [0.25, 0.3) is 0 Å².